The zero-order valence-electron chi connectivity index (χ0n) is 12.6. The van der Waals surface area contributed by atoms with Crippen LogP contribution in [0.15, 0.2) is 41.8 Å². The number of nitriles is 1. The first-order chi connectivity index (χ1) is 11.3. The van der Waals surface area contributed by atoms with Crippen LogP contribution >= 0.6 is 11.3 Å². The van der Waals surface area contributed by atoms with Gasteiger partial charge < -0.3 is 10.1 Å². The summed E-state index contributed by atoms with van der Waals surface area (Å²) in [6.07, 6.45) is 0. The van der Waals surface area contributed by atoms with Gasteiger partial charge in [0.25, 0.3) is 0 Å². The SMILES string of the molecule is N#Cc1ccc(OCCN2CCNC(=O)C2c2cccs2)cc1. The molecule has 2 aromatic rings. The molecule has 0 saturated carbocycles. The minimum absolute atomic E-state index is 0.0528. The van der Waals surface area contributed by atoms with E-state index >= 15 is 0 Å². The van der Waals surface area contributed by atoms with Crippen LogP contribution in [0.3, 0.4) is 0 Å². The first kappa shape index (κ1) is 15.5. The zero-order valence-corrected chi connectivity index (χ0v) is 13.4. The van der Waals surface area contributed by atoms with Crippen LogP contribution in [0.25, 0.3) is 0 Å². The fraction of sp³-hybridized carbons (Fsp3) is 0.294. The molecule has 0 bridgehead atoms. The number of nitrogens with one attached hydrogen (secondary N) is 1. The lowest BCUT2D eigenvalue weighted by molar-refractivity contribution is -0.129. The largest absolute Gasteiger partial charge is 0.492 e. The Morgan fingerprint density at radius 1 is 1.35 bits per heavy atom. The number of carbonyl (C=O) groups is 1. The van der Waals surface area contributed by atoms with E-state index in [1.165, 1.54) is 0 Å². The monoisotopic (exact) mass is 327 g/mol. The topological polar surface area (TPSA) is 65.4 Å². The van der Waals surface area contributed by atoms with Crippen molar-refractivity contribution in [2.45, 2.75) is 6.04 Å². The molecule has 2 heterocycles. The maximum absolute atomic E-state index is 12.2. The Balaban J connectivity index is 1.59. The molecule has 0 spiro atoms. The van der Waals surface area contributed by atoms with Gasteiger partial charge >= 0.3 is 0 Å². The van der Waals surface area contributed by atoms with Gasteiger partial charge in [-0.05, 0) is 35.7 Å². The van der Waals surface area contributed by atoms with Crippen molar-refractivity contribution >= 4 is 17.2 Å². The minimum atomic E-state index is -0.228. The lowest BCUT2D eigenvalue weighted by atomic mass is 10.1. The summed E-state index contributed by atoms with van der Waals surface area (Å²) in [6.45, 7) is 2.65. The second kappa shape index (κ2) is 7.27. The molecule has 1 unspecified atom stereocenters. The molecule has 1 aromatic carbocycles. The lowest BCUT2D eigenvalue weighted by Gasteiger charge is -2.34. The molecule has 0 aliphatic carbocycles. The number of amides is 1. The molecule has 1 aromatic heterocycles. The van der Waals surface area contributed by atoms with Crippen molar-refractivity contribution in [2.75, 3.05) is 26.2 Å². The van der Waals surface area contributed by atoms with Crippen molar-refractivity contribution in [3.63, 3.8) is 0 Å². The van der Waals surface area contributed by atoms with Gasteiger partial charge in [0.1, 0.15) is 18.4 Å². The molecule has 6 heteroatoms. The lowest BCUT2D eigenvalue weighted by Crippen LogP contribution is -2.50. The van der Waals surface area contributed by atoms with Crippen LogP contribution in [0, 0.1) is 11.3 Å². The molecule has 5 nitrogen and oxygen atoms in total. The smallest absolute Gasteiger partial charge is 0.242 e. The number of thiophene rings is 1. The van der Waals surface area contributed by atoms with Crippen LogP contribution in [-0.4, -0.2) is 37.0 Å². The number of carbonyl (C=O) groups excluding carboxylic acids is 1. The van der Waals surface area contributed by atoms with Gasteiger partial charge in [0.15, 0.2) is 0 Å². The highest BCUT2D eigenvalue weighted by molar-refractivity contribution is 7.10. The second-order valence-corrected chi connectivity index (χ2v) is 6.21. The molecule has 1 atom stereocenters. The zero-order chi connectivity index (χ0) is 16.1. The molecule has 23 heavy (non-hydrogen) atoms. The normalized spacial score (nSPS) is 18.2. The molecular weight excluding hydrogens is 310 g/mol. The van der Waals surface area contributed by atoms with Crippen molar-refractivity contribution in [3.8, 4) is 11.8 Å². The Morgan fingerprint density at radius 2 is 2.17 bits per heavy atom. The van der Waals surface area contributed by atoms with Gasteiger partial charge in [-0.2, -0.15) is 5.26 Å². The molecule has 3 rings (SSSR count). The summed E-state index contributed by atoms with van der Waals surface area (Å²) in [5, 5.41) is 13.7. The Kier molecular flexibility index (Phi) is 4.91. The van der Waals surface area contributed by atoms with Crippen molar-refractivity contribution in [1.29, 1.82) is 5.26 Å². The average molecular weight is 327 g/mol. The third kappa shape index (κ3) is 3.70. The summed E-state index contributed by atoms with van der Waals surface area (Å²) in [7, 11) is 0. The van der Waals surface area contributed by atoms with Crippen LogP contribution in [0.4, 0.5) is 0 Å². The highest BCUT2D eigenvalue weighted by Crippen LogP contribution is 2.26. The maximum Gasteiger partial charge on any atom is 0.242 e. The summed E-state index contributed by atoms with van der Waals surface area (Å²) in [4.78, 5) is 15.4. The van der Waals surface area contributed by atoms with E-state index in [1.54, 1.807) is 35.6 Å². The van der Waals surface area contributed by atoms with E-state index in [2.05, 4.69) is 16.3 Å². The average Bonchev–Trinajstić information content (AvgIpc) is 3.10. The molecule has 1 amide bonds. The van der Waals surface area contributed by atoms with Crippen molar-refractivity contribution in [1.82, 2.24) is 10.2 Å². The molecule has 1 fully saturated rings. The van der Waals surface area contributed by atoms with E-state index < -0.39 is 0 Å². The predicted molar refractivity (Wildman–Crippen MR) is 88.3 cm³/mol. The third-order valence-electron chi connectivity index (χ3n) is 3.76. The van der Waals surface area contributed by atoms with E-state index in [4.69, 9.17) is 10.00 Å². The summed E-state index contributed by atoms with van der Waals surface area (Å²) >= 11 is 1.60. The number of piperazine rings is 1. The number of hydrogen-bond donors (Lipinski definition) is 1. The van der Waals surface area contributed by atoms with E-state index in [0.29, 0.717) is 25.3 Å². The molecule has 1 saturated heterocycles. The quantitative estimate of drug-likeness (QED) is 0.914. The van der Waals surface area contributed by atoms with Gasteiger partial charge in [-0.15, -0.1) is 11.3 Å². The number of benzene rings is 1. The summed E-state index contributed by atoms with van der Waals surface area (Å²) in [5.74, 6) is 0.787. The predicted octanol–water partition coefficient (Wildman–Crippen LogP) is 2.17. The molecule has 118 valence electrons. The van der Waals surface area contributed by atoms with Crippen LogP contribution in [-0.2, 0) is 4.79 Å². The molecule has 1 N–H and O–H groups in total. The molecular formula is C17H17N3O2S. The molecule has 1 aliphatic heterocycles. The van der Waals surface area contributed by atoms with Gasteiger partial charge in [0, 0.05) is 24.5 Å². The Hall–Kier alpha value is -2.36. The Labute approximate surface area is 139 Å². The van der Waals surface area contributed by atoms with Gasteiger partial charge in [-0.3, -0.25) is 9.69 Å². The van der Waals surface area contributed by atoms with Crippen LogP contribution in [0.5, 0.6) is 5.75 Å². The highest BCUT2D eigenvalue weighted by atomic mass is 32.1. The van der Waals surface area contributed by atoms with Crippen LogP contribution in [0.2, 0.25) is 0 Å². The molecule has 0 radical (unpaired) electrons. The maximum atomic E-state index is 12.2. The molecule has 1 aliphatic rings. The van der Waals surface area contributed by atoms with E-state index in [1.807, 2.05) is 17.5 Å². The fourth-order valence-electron chi connectivity index (χ4n) is 2.62. The summed E-state index contributed by atoms with van der Waals surface area (Å²) in [6, 6.07) is 12.9. The van der Waals surface area contributed by atoms with Crippen LogP contribution in [0.1, 0.15) is 16.5 Å². The van der Waals surface area contributed by atoms with E-state index in [0.717, 1.165) is 17.2 Å². The number of nitrogens with zero attached hydrogens (tertiary/aromatic N) is 2. The number of ether oxygens (including phenoxy) is 1. The summed E-state index contributed by atoms with van der Waals surface area (Å²) < 4.78 is 5.73. The van der Waals surface area contributed by atoms with Crippen molar-refractivity contribution < 1.29 is 9.53 Å². The van der Waals surface area contributed by atoms with E-state index in [9.17, 15) is 4.79 Å². The van der Waals surface area contributed by atoms with Gasteiger partial charge in [-0.25, -0.2) is 0 Å². The Bertz CT molecular complexity index is 692. The van der Waals surface area contributed by atoms with Gasteiger partial charge in [-0.1, -0.05) is 6.07 Å². The Morgan fingerprint density at radius 3 is 2.87 bits per heavy atom. The highest BCUT2D eigenvalue weighted by Gasteiger charge is 2.31. The number of rotatable bonds is 5. The second-order valence-electron chi connectivity index (χ2n) is 5.23. The first-order valence-electron chi connectivity index (χ1n) is 7.46. The van der Waals surface area contributed by atoms with Gasteiger partial charge in [0.05, 0.1) is 11.6 Å². The third-order valence-corrected chi connectivity index (χ3v) is 4.68. The summed E-state index contributed by atoms with van der Waals surface area (Å²) in [5.41, 5.74) is 0.614. The minimum Gasteiger partial charge on any atom is -0.492 e. The van der Waals surface area contributed by atoms with E-state index in [-0.39, 0.29) is 11.9 Å². The standard InChI is InChI=1S/C17H17N3O2S/c18-12-13-3-5-14(6-4-13)22-10-9-20-8-7-19-17(21)16(20)15-2-1-11-23-15/h1-6,11,16H,7-10H2,(H,19,21). The van der Waals surface area contributed by atoms with Crippen molar-refractivity contribution in [3.05, 3.63) is 52.2 Å². The first-order valence-corrected chi connectivity index (χ1v) is 8.34. The van der Waals surface area contributed by atoms with Gasteiger partial charge in [0.2, 0.25) is 5.91 Å². The van der Waals surface area contributed by atoms with Crippen LogP contribution < -0.4 is 10.1 Å². The fourth-order valence-corrected chi connectivity index (χ4v) is 3.47. The van der Waals surface area contributed by atoms with Crippen molar-refractivity contribution in [2.24, 2.45) is 0 Å². The number of hydrogen-bond acceptors (Lipinski definition) is 5.